The zero-order chi connectivity index (χ0) is 25.5. The molecule has 0 saturated heterocycles. The predicted molar refractivity (Wildman–Crippen MR) is 148 cm³/mol. The molecule has 0 spiro atoms. The van der Waals surface area contributed by atoms with Crippen molar-refractivity contribution >= 4 is 5.65 Å². The maximum Gasteiger partial charge on any atom is 0.138 e. The Balaban J connectivity index is 0.000000644. The zero-order valence-electron chi connectivity index (χ0n) is 22.8. The van der Waals surface area contributed by atoms with Crippen LogP contribution in [0.2, 0.25) is 0 Å². The summed E-state index contributed by atoms with van der Waals surface area (Å²) in [6.07, 6.45) is 8.74. The van der Waals surface area contributed by atoms with Crippen molar-refractivity contribution in [1.29, 1.82) is 0 Å². The fourth-order valence-corrected chi connectivity index (χ4v) is 3.28. The number of aromatic nitrogens is 4. The van der Waals surface area contributed by atoms with E-state index in [1.165, 1.54) is 24.0 Å². The average Bonchev–Trinajstić information content (AvgIpc) is 3.26. The molecule has 0 aliphatic rings. The number of aryl methyl sites for hydroxylation is 3. The second kappa shape index (κ2) is 15.8. The minimum atomic E-state index is 0.759. The number of fused-ring (bicyclic) bond motifs is 1. The summed E-state index contributed by atoms with van der Waals surface area (Å²) < 4.78 is 2.14. The molecule has 34 heavy (non-hydrogen) atoms. The maximum absolute atomic E-state index is 4.96. The Morgan fingerprint density at radius 2 is 1.41 bits per heavy atom. The Morgan fingerprint density at radius 1 is 0.765 bits per heavy atom. The fourth-order valence-electron chi connectivity index (χ4n) is 3.28. The number of benzene rings is 1. The lowest BCUT2D eigenvalue weighted by Crippen LogP contribution is -1.96. The number of imidazole rings is 1. The van der Waals surface area contributed by atoms with Crippen molar-refractivity contribution in [1.82, 2.24) is 19.4 Å². The van der Waals surface area contributed by atoms with E-state index in [0.29, 0.717) is 0 Å². The summed E-state index contributed by atoms with van der Waals surface area (Å²) in [7, 11) is 0. The third kappa shape index (κ3) is 7.79. The second-order valence-electron chi connectivity index (χ2n) is 7.68. The molecule has 0 atom stereocenters. The first-order valence-electron chi connectivity index (χ1n) is 12.9. The molecular weight excluding hydrogens is 416 g/mol. The molecule has 3 heterocycles. The van der Waals surface area contributed by atoms with E-state index in [-0.39, 0.29) is 0 Å². The monoisotopic (exact) mass is 460 g/mol. The molecule has 4 nitrogen and oxygen atoms in total. The van der Waals surface area contributed by atoms with Gasteiger partial charge in [-0.25, -0.2) is 15.0 Å². The normalized spacial score (nSPS) is 9.79. The Hall–Kier alpha value is -3.01. The van der Waals surface area contributed by atoms with Crippen molar-refractivity contribution in [3.8, 4) is 22.6 Å². The molecule has 0 aliphatic heterocycles. The van der Waals surface area contributed by atoms with Gasteiger partial charge in [0, 0.05) is 18.0 Å². The van der Waals surface area contributed by atoms with Crippen LogP contribution < -0.4 is 0 Å². The molecule has 1 aromatic carbocycles. The predicted octanol–water partition coefficient (Wildman–Crippen LogP) is 8.89. The first-order chi connectivity index (χ1) is 16.6. The molecule has 0 amide bonds. The van der Waals surface area contributed by atoms with Crippen molar-refractivity contribution in [3.05, 3.63) is 71.8 Å². The van der Waals surface area contributed by atoms with Gasteiger partial charge in [-0.05, 0) is 44.0 Å². The van der Waals surface area contributed by atoms with Crippen LogP contribution in [0.4, 0.5) is 0 Å². The molecule has 0 N–H and O–H groups in total. The minimum Gasteiger partial charge on any atom is -0.298 e. The largest absolute Gasteiger partial charge is 0.298 e. The van der Waals surface area contributed by atoms with Crippen molar-refractivity contribution < 1.29 is 0 Å². The molecule has 0 unspecified atom stereocenters. The summed E-state index contributed by atoms with van der Waals surface area (Å²) in [5.41, 5.74) is 7.46. The van der Waals surface area contributed by atoms with Crippen LogP contribution in [-0.4, -0.2) is 19.4 Å². The third-order valence-corrected chi connectivity index (χ3v) is 5.07. The lowest BCUT2D eigenvalue weighted by Gasteiger charge is -2.06. The molecule has 0 radical (unpaired) electrons. The number of rotatable bonds is 5. The van der Waals surface area contributed by atoms with Gasteiger partial charge in [0.15, 0.2) is 0 Å². The zero-order valence-corrected chi connectivity index (χ0v) is 22.8. The Morgan fingerprint density at radius 3 is 1.97 bits per heavy atom. The van der Waals surface area contributed by atoms with Gasteiger partial charge in [0.05, 0.1) is 17.1 Å². The fraction of sp³-hybridized carbons (Fsp3) is 0.433. The van der Waals surface area contributed by atoms with Crippen LogP contribution in [-0.2, 0) is 6.42 Å². The Kier molecular flexibility index (Phi) is 13.5. The smallest absolute Gasteiger partial charge is 0.138 e. The first kappa shape index (κ1) is 29.0. The van der Waals surface area contributed by atoms with E-state index in [1.54, 1.807) is 6.20 Å². The molecule has 4 heteroatoms. The molecule has 3 aromatic heterocycles. The van der Waals surface area contributed by atoms with Crippen LogP contribution in [0.25, 0.3) is 28.3 Å². The van der Waals surface area contributed by atoms with E-state index in [0.717, 1.165) is 47.0 Å². The van der Waals surface area contributed by atoms with Crippen LogP contribution in [0.3, 0.4) is 0 Å². The van der Waals surface area contributed by atoms with E-state index in [4.69, 9.17) is 4.98 Å². The van der Waals surface area contributed by atoms with Crippen LogP contribution in [0.15, 0.2) is 54.9 Å². The molecular formula is C30H44N4. The highest BCUT2D eigenvalue weighted by atomic mass is 15.0. The van der Waals surface area contributed by atoms with Crippen LogP contribution in [0.1, 0.15) is 84.7 Å². The van der Waals surface area contributed by atoms with E-state index in [9.17, 15) is 0 Å². The minimum absolute atomic E-state index is 0.759. The Labute approximate surface area is 207 Å². The molecule has 0 saturated carbocycles. The summed E-state index contributed by atoms with van der Waals surface area (Å²) in [5.74, 6) is 0.759. The van der Waals surface area contributed by atoms with Gasteiger partial charge >= 0.3 is 0 Å². The third-order valence-electron chi connectivity index (χ3n) is 5.07. The topological polar surface area (TPSA) is 43.1 Å². The molecule has 4 rings (SSSR count). The quantitative estimate of drug-likeness (QED) is 0.298. The van der Waals surface area contributed by atoms with Crippen molar-refractivity contribution in [2.45, 2.75) is 88.0 Å². The van der Waals surface area contributed by atoms with Crippen molar-refractivity contribution in [3.63, 3.8) is 0 Å². The van der Waals surface area contributed by atoms with Gasteiger partial charge in [-0.2, -0.15) is 0 Å². The van der Waals surface area contributed by atoms with Crippen molar-refractivity contribution in [2.75, 3.05) is 0 Å². The molecule has 184 valence electrons. The van der Waals surface area contributed by atoms with Gasteiger partial charge in [-0.3, -0.25) is 4.40 Å². The van der Waals surface area contributed by atoms with E-state index in [2.05, 4.69) is 84.7 Å². The van der Waals surface area contributed by atoms with Gasteiger partial charge < -0.3 is 0 Å². The standard InChI is InChI=1S/C22H22N4.C4H10.2C2H6/c1-4-5-17-11-13-26-20(14-17)25-21(18-8-6-15(2)7-9-18)22(26)19-10-12-23-16(3)24-19;1-3-4-2;2*1-2/h6-14H,4-5H2,1-3H3;3-4H2,1-2H3;2*1-2H3. The van der Waals surface area contributed by atoms with E-state index < -0.39 is 0 Å². The number of pyridine rings is 1. The van der Waals surface area contributed by atoms with Crippen LogP contribution in [0, 0.1) is 13.8 Å². The summed E-state index contributed by atoms with van der Waals surface area (Å²) in [4.78, 5) is 13.9. The van der Waals surface area contributed by atoms with E-state index in [1.807, 2.05) is 40.7 Å². The number of hydrogen-bond acceptors (Lipinski definition) is 3. The lowest BCUT2D eigenvalue weighted by atomic mass is 10.1. The summed E-state index contributed by atoms with van der Waals surface area (Å²) in [5, 5.41) is 0. The van der Waals surface area contributed by atoms with E-state index >= 15 is 0 Å². The molecule has 0 fully saturated rings. The van der Waals surface area contributed by atoms with Gasteiger partial charge in [0.1, 0.15) is 11.5 Å². The lowest BCUT2D eigenvalue weighted by molar-refractivity contribution is 0.886. The van der Waals surface area contributed by atoms with Gasteiger partial charge in [0.25, 0.3) is 0 Å². The number of unbranched alkanes of at least 4 members (excludes halogenated alkanes) is 1. The van der Waals surface area contributed by atoms with Crippen LogP contribution in [0.5, 0.6) is 0 Å². The van der Waals surface area contributed by atoms with Crippen LogP contribution >= 0.6 is 0 Å². The molecule has 0 aliphatic carbocycles. The average molecular weight is 461 g/mol. The van der Waals surface area contributed by atoms with Crippen molar-refractivity contribution in [2.24, 2.45) is 0 Å². The van der Waals surface area contributed by atoms with Gasteiger partial charge in [0.2, 0.25) is 0 Å². The first-order valence-corrected chi connectivity index (χ1v) is 12.9. The maximum atomic E-state index is 4.96. The highest BCUT2D eigenvalue weighted by molar-refractivity contribution is 5.80. The number of hydrogen-bond donors (Lipinski definition) is 0. The summed E-state index contributed by atoms with van der Waals surface area (Å²) >= 11 is 0. The van der Waals surface area contributed by atoms with Gasteiger partial charge in [-0.1, -0.05) is 97.6 Å². The SMILES string of the molecule is CC.CC.CCCC.CCCc1ccn2c(-c3ccnc(C)n3)c(-c3ccc(C)cc3)nc2c1. The second-order valence-corrected chi connectivity index (χ2v) is 7.68. The van der Waals surface area contributed by atoms with Gasteiger partial charge in [-0.15, -0.1) is 0 Å². The highest BCUT2D eigenvalue weighted by Crippen LogP contribution is 2.32. The summed E-state index contributed by atoms with van der Waals surface area (Å²) in [6.45, 7) is 18.6. The molecule has 4 aromatic rings. The Bertz CT molecular complexity index is 1090. The molecule has 0 bridgehead atoms. The summed E-state index contributed by atoms with van der Waals surface area (Å²) in [6, 6.07) is 14.8. The number of nitrogens with zero attached hydrogens (tertiary/aromatic N) is 4. The highest BCUT2D eigenvalue weighted by Gasteiger charge is 2.17.